The van der Waals surface area contributed by atoms with Crippen LogP contribution in [0.2, 0.25) is 5.02 Å². The Morgan fingerprint density at radius 1 is 0.920 bits per heavy atom. The molecule has 4 heteroatoms. The largest absolute Gasteiger partial charge is 1.00 e. The lowest BCUT2D eigenvalue weighted by Gasteiger charge is -2.23. The first-order valence-corrected chi connectivity index (χ1v) is 8.56. The molecule has 0 N–H and O–H groups in total. The molecule has 1 aromatic heterocycles. The number of aromatic nitrogens is 1. The Bertz CT molecular complexity index is 831. The van der Waals surface area contributed by atoms with E-state index in [0.29, 0.717) is 0 Å². The first-order chi connectivity index (χ1) is 11.3. The molecule has 0 aliphatic carbocycles. The number of quaternary nitrogens is 1. The van der Waals surface area contributed by atoms with Crippen LogP contribution in [0.25, 0.3) is 16.9 Å². The number of halogens is 2. The summed E-state index contributed by atoms with van der Waals surface area (Å²) in [4.78, 5) is 0. The average molecular weight is 467 g/mol. The van der Waals surface area contributed by atoms with Crippen LogP contribution in [0.15, 0.2) is 60.7 Å². The summed E-state index contributed by atoms with van der Waals surface area (Å²) in [6.45, 7) is 3.20. The summed E-state index contributed by atoms with van der Waals surface area (Å²) in [5, 5.41) is 0.764. The lowest BCUT2D eigenvalue weighted by Crippen LogP contribution is -3.00. The SMILES string of the molecule is Cc1c(C[N+](C)(C)C)cc(-c2ccc(Cl)cc2)n1-c1ccccc1.[I-]. The minimum Gasteiger partial charge on any atom is -1.00 e. The van der Waals surface area contributed by atoms with E-state index in [2.05, 4.69) is 81.2 Å². The van der Waals surface area contributed by atoms with Crippen LogP contribution in [0.4, 0.5) is 0 Å². The monoisotopic (exact) mass is 466 g/mol. The van der Waals surface area contributed by atoms with Gasteiger partial charge < -0.3 is 33.0 Å². The van der Waals surface area contributed by atoms with E-state index in [0.717, 1.165) is 16.1 Å². The zero-order valence-electron chi connectivity index (χ0n) is 15.1. The van der Waals surface area contributed by atoms with Gasteiger partial charge in [-0.05, 0) is 42.8 Å². The van der Waals surface area contributed by atoms with Crippen molar-refractivity contribution in [2.24, 2.45) is 0 Å². The van der Waals surface area contributed by atoms with E-state index in [1.165, 1.54) is 28.2 Å². The molecule has 0 fully saturated rings. The third-order valence-electron chi connectivity index (χ3n) is 4.15. The molecular formula is C21H24ClIN2. The molecule has 0 spiro atoms. The van der Waals surface area contributed by atoms with Gasteiger partial charge in [-0.25, -0.2) is 0 Å². The molecule has 0 radical (unpaired) electrons. The van der Waals surface area contributed by atoms with Crippen molar-refractivity contribution in [1.29, 1.82) is 0 Å². The summed E-state index contributed by atoms with van der Waals surface area (Å²) in [5.41, 5.74) is 6.24. The van der Waals surface area contributed by atoms with Gasteiger partial charge in [-0.1, -0.05) is 41.9 Å². The van der Waals surface area contributed by atoms with Gasteiger partial charge in [0.05, 0.1) is 26.8 Å². The van der Waals surface area contributed by atoms with Gasteiger partial charge in [-0.15, -0.1) is 0 Å². The minimum absolute atomic E-state index is 0. The minimum atomic E-state index is 0. The molecule has 2 aromatic carbocycles. The van der Waals surface area contributed by atoms with Crippen LogP contribution in [0.1, 0.15) is 11.3 Å². The Morgan fingerprint density at radius 3 is 2.08 bits per heavy atom. The van der Waals surface area contributed by atoms with Gasteiger partial charge in [0.15, 0.2) is 0 Å². The second-order valence-corrected chi connectivity index (χ2v) is 7.70. The number of hydrogen-bond donors (Lipinski definition) is 0. The van der Waals surface area contributed by atoms with Crippen molar-refractivity contribution in [2.75, 3.05) is 21.1 Å². The fourth-order valence-corrected chi connectivity index (χ4v) is 3.20. The lowest BCUT2D eigenvalue weighted by molar-refractivity contribution is -0.884. The second kappa shape index (κ2) is 7.94. The van der Waals surface area contributed by atoms with Crippen LogP contribution in [-0.4, -0.2) is 30.2 Å². The van der Waals surface area contributed by atoms with Crippen molar-refractivity contribution >= 4 is 11.6 Å². The standard InChI is InChI=1S/C21H24ClN2.HI/c1-16-18(15-24(2,3)4)14-21(17-10-12-19(22)13-11-17)23(16)20-8-6-5-7-9-20;/h5-14H,15H2,1-4H3;1H/q+1;/p-1. The van der Waals surface area contributed by atoms with Gasteiger partial charge in [-0.3, -0.25) is 0 Å². The number of nitrogens with zero attached hydrogens (tertiary/aromatic N) is 2. The normalized spacial score (nSPS) is 11.2. The van der Waals surface area contributed by atoms with E-state index < -0.39 is 0 Å². The molecule has 3 rings (SSSR count). The van der Waals surface area contributed by atoms with Gasteiger partial charge in [0.2, 0.25) is 0 Å². The van der Waals surface area contributed by atoms with Crippen LogP contribution in [0.5, 0.6) is 0 Å². The van der Waals surface area contributed by atoms with Gasteiger partial charge >= 0.3 is 0 Å². The molecule has 0 unspecified atom stereocenters. The van der Waals surface area contributed by atoms with E-state index in [1.807, 2.05) is 12.1 Å². The fourth-order valence-electron chi connectivity index (χ4n) is 3.07. The Balaban J connectivity index is 0.00000225. The Hall–Kier alpha value is -1.30. The molecular weight excluding hydrogens is 443 g/mol. The predicted molar refractivity (Wildman–Crippen MR) is 103 cm³/mol. The smallest absolute Gasteiger partial charge is 0.106 e. The van der Waals surface area contributed by atoms with E-state index >= 15 is 0 Å². The molecule has 0 saturated heterocycles. The molecule has 0 atom stereocenters. The summed E-state index contributed by atoms with van der Waals surface area (Å²) in [5.74, 6) is 0. The maximum Gasteiger partial charge on any atom is 0.106 e. The predicted octanol–water partition coefficient (Wildman–Crippen LogP) is 2.32. The van der Waals surface area contributed by atoms with Crippen molar-refractivity contribution in [1.82, 2.24) is 4.57 Å². The summed E-state index contributed by atoms with van der Waals surface area (Å²) in [6.07, 6.45) is 0. The topological polar surface area (TPSA) is 4.93 Å². The molecule has 0 saturated carbocycles. The van der Waals surface area contributed by atoms with Crippen molar-refractivity contribution in [3.8, 4) is 16.9 Å². The molecule has 1 heterocycles. The van der Waals surface area contributed by atoms with E-state index in [1.54, 1.807) is 0 Å². The lowest BCUT2D eigenvalue weighted by atomic mass is 10.1. The highest BCUT2D eigenvalue weighted by Gasteiger charge is 2.19. The Morgan fingerprint density at radius 2 is 1.52 bits per heavy atom. The molecule has 0 aliphatic heterocycles. The number of rotatable bonds is 4. The third-order valence-corrected chi connectivity index (χ3v) is 4.40. The zero-order valence-corrected chi connectivity index (χ0v) is 18.0. The molecule has 2 nitrogen and oxygen atoms in total. The Kier molecular flexibility index (Phi) is 6.35. The molecule has 0 aliphatic rings. The number of para-hydroxylation sites is 1. The second-order valence-electron chi connectivity index (χ2n) is 7.27. The first-order valence-electron chi connectivity index (χ1n) is 8.18. The zero-order chi connectivity index (χ0) is 17.3. The highest BCUT2D eigenvalue weighted by atomic mass is 127. The molecule has 25 heavy (non-hydrogen) atoms. The summed E-state index contributed by atoms with van der Waals surface area (Å²) in [6, 6.07) is 20.9. The summed E-state index contributed by atoms with van der Waals surface area (Å²) >= 11 is 6.07. The maximum atomic E-state index is 6.07. The van der Waals surface area contributed by atoms with Gasteiger partial charge in [-0.2, -0.15) is 0 Å². The van der Waals surface area contributed by atoms with Crippen molar-refractivity contribution in [3.63, 3.8) is 0 Å². The van der Waals surface area contributed by atoms with Crippen LogP contribution >= 0.6 is 11.6 Å². The van der Waals surface area contributed by atoms with E-state index in [4.69, 9.17) is 11.6 Å². The van der Waals surface area contributed by atoms with Gasteiger partial charge in [0, 0.05) is 22.0 Å². The van der Waals surface area contributed by atoms with Crippen LogP contribution < -0.4 is 24.0 Å². The van der Waals surface area contributed by atoms with Crippen molar-refractivity contribution in [2.45, 2.75) is 13.5 Å². The van der Waals surface area contributed by atoms with Crippen LogP contribution in [-0.2, 0) is 6.54 Å². The number of benzene rings is 2. The average Bonchev–Trinajstić information content (AvgIpc) is 2.84. The van der Waals surface area contributed by atoms with Crippen molar-refractivity contribution < 1.29 is 28.5 Å². The maximum absolute atomic E-state index is 6.07. The molecule has 132 valence electrons. The highest BCUT2D eigenvalue weighted by Crippen LogP contribution is 2.31. The van der Waals surface area contributed by atoms with Gasteiger partial charge in [0.1, 0.15) is 6.54 Å². The number of hydrogen-bond acceptors (Lipinski definition) is 0. The summed E-state index contributed by atoms with van der Waals surface area (Å²) in [7, 11) is 6.67. The van der Waals surface area contributed by atoms with Crippen molar-refractivity contribution in [3.05, 3.63) is 76.9 Å². The highest BCUT2D eigenvalue weighted by molar-refractivity contribution is 6.30. The van der Waals surface area contributed by atoms with E-state index in [9.17, 15) is 0 Å². The third kappa shape index (κ3) is 4.66. The molecule has 0 bridgehead atoms. The van der Waals surface area contributed by atoms with E-state index in [-0.39, 0.29) is 24.0 Å². The van der Waals surface area contributed by atoms with Crippen LogP contribution in [0, 0.1) is 6.92 Å². The van der Waals surface area contributed by atoms with Crippen LogP contribution in [0.3, 0.4) is 0 Å². The molecule has 3 aromatic rings. The van der Waals surface area contributed by atoms with Gasteiger partial charge in [0.25, 0.3) is 0 Å². The fraction of sp³-hybridized carbons (Fsp3) is 0.238. The quantitative estimate of drug-likeness (QED) is 0.411. The first kappa shape index (κ1) is 20.0. The summed E-state index contributed by atoms with van der Waals surface area (Å²) < 4.78 is 3.24. The Labute approximate surface area is 172 Å². The molecule has 0 amide bonds.